The maximum atomic E-state index is 8.81. The summed E-state index contributed by atoms with van der Waals surface area (Å²) in [6.45, 7) is 0. The number of imidazole rings is 1. The summed E-state index contributed by atoms with van der Waals surface area (Å²) in [5, 5.41) is 8.81. The van der Waals surface area contributed by atoms with Crippen LogP contribution in [0.1, 0.15) is 5.56 Å². The van der Waals surface area contributed by atoms with Crippen LogP contribution in [0.15, 0.2) is 37.2 Å². The lowest BCUT2D eigenvalue weighted by Crippen LogP contribution is -1.94. The lowest BCUT2D eigenvalue weighted by molar-refractivity contribution is 1.03. The fourth-order valence-electron chi connectivity index (χ4n) is 1.09. The van der Waals surface area contributed by atoms with E-state index >= 15 is 0 Å². The Morgan fingerprint density at radius 1 is 1.31 bits per heavy atom. The quantitative estimate of drug-likeness (QED) is 0.644. The van der Waals surface area contributed by atoms with E-state index in [1.165, 1.54) is 0 Å². The van der Waals surface area contributed by atoms with E-state index in [0.717, 1.165) is 5.69 Å². The summed E-state index contributed by atoms with van der Waals surface area (Å²) >= 11 is 0. The summed E-state index contributed by atoms with van der Waals surface area (Å²) in [5.41, 5.74) is 1.34. The van der Waals surface area contributed by atoms with Crippen molar-refractivity contribution in [3.05, 3.63) is 42.7 Å². The standard InChI is InChI=1S/C9H6N4/c10-5-8-1-2-11-6-9(8)13-4-3-12-7-13/h1-4,6-7H. The van der Waals surface area contributed by atoms with Crippen molar-refractivity contribution >= 4 is 0 Å². The molecule has 0 unspecified atom stereocenters. The van der Waals surface area contributed by atoms with E-state index in [2.05, 4.69) is 16.0 Å². The molecule has 0 radical (unpaired) electrons. The van der Waals surface area contributed by atoms with Crippen LogP contribution in [0.25, 0.3) is 5.69 Å². The molecule has 0 fully saturated rings. The van der Waals surface area contributed by atoms with Gasteiger partial charge in [0.1, 0.15) is 6.07 Å². The predicted molar refractivity (Wildman–Crippen MR) is 46.1 cm³/mol. The Bertz CT molecular complexity index is 439. The number of pyridine rings is 1. The van der Waals surface area contributed by atoms with Crippen LogP contribution in [-0.2, 0) is 0 Å². The third kappa shape index (κ3) is 1.27. The van der Waals surface area contributed by atoms with Gasteiger partial charge in [0.15, 0.2) is 0 Å². The fourth-order valence-corrected chi connectivity index (χ4v) is 1.09. The molecule has 0 amide bonds. The summed E-state index contributed by atoms with van der Waals surface area (Å²) in [7, 11) is 0. The van der Waals surface area contributed by atoms with Gasteiger partial charge in [-0.1, -0.05) is 0 Å². The van der Waals surface area contributed by atoms with Gasteiger partial charge in [0.25, 0.3) is 0 Å². The van der Waals surface area contributed by atoms with Gasteiger partial charge in [0.2, 0.25) is 0 Å². The molecule has 0 aliphatic heterocycles. The predicted octanol–water partition coefficient (Wildman–Crippen LogP) is 1.14. The number of nitrogens with zero attached hydrogens (tertiary/aromatic N) is 4. The molecule has 2 rings (SSSR count). The van der Waals surface area contributed by atoms with Gasteiger partial charge in [-0.2, -0.15) is 5.26 Å². The maximum Gasteiger partial charge on any atom is 0.101 e. The van der Waals surface area contributed by atoms with Gasteiger partial charge in [-0.05, 0) is 6.07 Å². The molecule has 0 aromatic carbocycles. The van der Waals surface area contributed by atoms with Crippen molar-refractivity contribution < 1.29 is 0 Å². The zero-order valence-electron chi connectivity index (χ0n) is 6.75. The highest BCUT2D eigenvalue weighted by atomic mass is 15.0. The number of nitriles is 1. The summed E-state index contributed by atoms with van der Waals surface area (Å²) in [6.07, 6.45) is 8.31. The van der Waals surface area contributed by atoms with E-state index in [9.17, 15) is 0 Å². The highest BCUT2D eigenvalue weighted by molar-refractivity contribution is 5.46. The van der Waals surface area contributed by atoms with Gasteiger partial charge in [0, 0.05) is 18.6 Å². The van der Waals surface area contributed by atoms with Crippen LogP contribution in [0.5, 0.6) is 0 Å². The van der Waals surface area contributed by atoms with Crippen LogP contribution in [0.4, 0.5) is 0 Å². The molecule has 0 spiro atoms. The minimum absolute atomic E-state index is 0.591. The topological polar surface area (TPSA) is 54.5 Å². The molecular weight excluding hydrogens is 164 g/mol. The van der Waals surface area contributed by atoms with Crippen molar-refractivity contribution in [1.82, 2.24) is 14.5 Å². The molecule has 0 aliphatic carbocycles. The Morgan fingerprint density at radius 2 is 2.23 bits per heavy atom. The average Bonchev–Trinajstić information content (AvgIpc) is 2.70. The number of aromatic nitrogens is 3. The van der Waals surface area contributed by atoms with Gasteiger partial charge < -0.3 is 4.57 Å². The zero-order valence-corrected chi connectivity index (χ0v) is 6.75. The van der Waals surface area contributed by atoms with Gasteiger partial charge >= 0.3 is 0 Å². The van der Waals surface area contributed by atoms with Crippen LogP contribution in [0.2, 0.25) is 0 Å². The molecule has 2 aromatic heterocycles. The lowest BCUT2D eigenvalue weighted by Gasteiger charge is -2.01. The van der Waals surface area contributed by atoms with E-state index < -0.39 is 0 Å². The first-order chi connectivity index (χ1) is 6.42. The SMILES string of the molecule is N#Cc1ccncc1-n1ccnc1. The first-order valence-electron chi connectivity index (χ1n) is 3.74. The Morgan fingerprint density at radius 3 is 2.92 bits per heavy atom. The Labute approximate surface area is 75.1 Å². The number of hydrogen-bond acceptors (Lipinski definition) is 3. The molecule has 13 heavy (non-hydrogen) atoms. The highest BCUT2D eigenvalue weighted by Gasteiger charge is 2.01. The Kier molecular flexibility index (Phi) is 1.77. The van der Waals surface area contributed by atoms with Crippen molar-refractivity contribution in [1.29, 1.82) is 5.26 Å². The second kappa shape index (κ2) is 3.07. The van der Waals surface area contributed by atoms with Gasteiger partial charge in [0.05, 0.1) is 23.8 Å². The third-order valence-corrected chi connectivity index (χ3v) is 1.70. The second-order valence-corrected chi connectivity index (χ2v) is 2.47. The van der Waals surface area contributed by atoms with Gasteiger partial charge in [-0.25, -0.2) is 4.98 Å². The molecule has 0 aliphatic rings. The summed E-state index contributed by atoms with van der Waals surface area (Å²) in [5.74, 6) is 0. The van der Waals surface area contributed by atoms with E-state index in [0.29, 0.717) is 5.56 Å². The van der Waals surface area contributed by atoms with Gasteiger partial charge in [-0.3, -0.25) is 4.98 Å². The van der Waals surface area contributed by atoms with Crippen LogP contribution in [-0.4, -0.2) is 14.5 Å². The third-order valence-electron chi connectivity index (χ3n) is 1.70. The molecule has 62 valence electrons. The minimum atomic E-state index is 0.591. The Balaban J connectivity index is 2.59. The molecule has 0 saturated heterocycles. The molecule has 2 heterocycles. The first-order valence-corrected chi connectivity index (χ1v) is 3.74. The molecule has 4 nitrogen and oxygen atoms in total. The monoisotopic (exact) mass is 170 g/mol. The zero-order chi connectivity index (χ0) is 9.10. The van der Waals surface area contributed by atoms with Crippen LogP contribution >= 0.6 is 0 Å². The van der Waals surface area contributed by atoms with Crippen LogP contribution < -0.4 is 0 Å². The summed E-state index contributed by atoms with van der Waals surface area (Å²) in [4.78, 5) is 7.85. The molecule has 0 N–H and O–H groups in total. The normalized spacial score (nSPS) is 9.46. The number of rotatable bonds is 1. The van der Waals surface area contributed by atoms with Crippen molar-refractivity contribution in [3.63, 3.8) is 0 Å². The van der Waals surface area contributed by atoms with E-state index in [1.807, 2.05) is 0 Å². The van der Waals surface area contributed by atoms with Crippen molar-refractivity contribution in [3.8, 4) is 11.8 Å². The molecule has 0 bridgehead atoms. The molecule has 0 saturated carbocycles. The summed E-state index contributed by atoms with van der Waals surface area (Å²) < 4.78 is 1.76. The lowest BCUT2D eigenvalue weighted by atomic mass is 10.2. The van der Waals surface area contributed by atoms with Crippen LogP contribution in [0.3, 0.4) is 0 Å². The fraction of sp³-hybridized carbons (Fsp3) is 0. The Hall–Kier alpha value is -2.15. The largest absolute Gasteiger partial charge is 0.303 e. The van der Waals surface area contributed by atoms with Crippen LogP contribution in [0, 0.1) is 11.3 Å². The van der Waals surface area contributed by atoms with Crippen molar-refractivity contribution in [2.45, 2.75) is 0 Å². The maximum absolute atomic E-state index is 8.81. The summed E-state index contributed by atoms with van der Waals surface area (Å²) in [6, 6.07) is 3.77. The number of hydrogen-bond donors (Lipinski definition) is 0. The molecule has 0 atom stereocenters. The van der Waals surface area contributed by atoms with E-state index in [1.54, 1.807) is 41.7 Å². The van der Waals surface area contributed by atoms with Gasteiger partial charge in [-0.15, -0.1) is 0 Å². The highest BCUT2D eigenvalue weighted by Crippen LogP contribution is 2.10. The van der Waals surface area contributed by atoms with Crippen molar-refractivity contribution in [2.24, 2.45) is 0 Å². The molecule has 4 heteroatoms. The second-order valence-electron chi connectivity index (χ2n) is 2.47. The van der Waals surface area contributed by atoms with Crippen molar-refractivity contribution in [2.75, 3.05) is 0 Å². The minimum Gasteiger partial charge on any atom is -0.303 e. The van der Waals surface area contributed by atoms with E-state index in [-0.39, 0.29) is 0 Å². The molecule has 2 aromatic rings. The average molecular weight is 170 g/mol. The van der Waals surface area contributed by atoms with E-state index in [4.69, 9.17) is 5.26 Å². The first kappa shape index (κ1) is 7.50. The molecular formula is C9H6N4. The smallest absolute Gasteiger partial charge is 0.101 e.